The largest absolute Gasteiger partial charge is 0.472 e. The molecule has 2 heterocycles. The van der Waals surface area contributed by atoms with Gasteiger partial charge in [-0.15, -0.1) is 11.3 Å². The van der Waals surface area contributed by atoms with Crippen LogP contribution in [0.4, 0.5) is 4.79 Å². The Bertz CT molecular complexity index is 682. The number of thiophene rings is 1. The third-order valence-electron chi connectivity index (χ3n) is 6.58. The number of carbonyl (C=O) groups is 1. The van der Waals surface area contributed by atoms with Crippen molar-refractivity contribution in [1.29, 1.82) is 0 Å². The summed E-state index contributed by atoms with van der Waals surface area (Å²) in [6.45, 7) is 1.24. The minimum Gasteiger partial charge on any atom is -0.472 e. The molecule has 5 heteroatoms. The van der Waals surface area contributed by atoms with E-state index in [1.807, 2.05) is 17.0 Å². The van der Waals surface area contributed by atoms with Crippen molar-refractivity contribution < 1.29 is 9.21 Å². The van der Waals surface area contributed by atoms with Crippen LogP contribution in [0.15, 0.2) is 40.5 Å². The van der Waals surface area contributed by atoms with Gasteiger partial charge in [-0.1, -0.05) is 6.07 Å². The van der Waals surface area contributed by atoms with Crippen molar-refractivity contribution in [2.75, 3.05) is 0 Å². The summed E-state index contributed by atoms with van der Waals surface area (Å²) in [6.07, 6.45) is 11.1. The molecule has 4 fully saturated rings. The lowest BCUT2D eigenvalue weighted by molar-refractivity contribution is -0.0159. The van der Waals surface area contributed by atoms with Gasteiger partial charge in [0.1, 0.15) is 0 Å². The normalized spacial score (nSPS) is 31.9. The van der Waals surface area contributed by atoms with Gasteiger partial charge in [0.25, 0.3) is 0 Å². The molecule has 6 rings (SSSR count). The van der Waals surface area contributed by atoms with Crippen LogP contribution in [0.1, 0.15) is 49.0 Å². The molecule has 138 valence electrons. The van der Waals surface area contributed by atoms with Crippen LogP contribution in [0, 0.1) is 17.8 Å². The van der Waals surface area contributed by atoms with Gasteiger partial charge in [0.2, 0.25) is 0 Å². The van der Waals surface area contributed by atoms with E-state index in [1.165, 1.54) is 43.4 Å². The Kier molecular flexibility index (Phi) is 4.07. The zero-order valence-corrected chi connectivity index (χ0v) is 15.8. The highest BCUT2D eigenvalue weighted by Gasteiger charge is 2.51. The van der Waals surface area contributed by atoms with Gasteiger partial charge in [0.15, 0.2) is 0 Å². The van der Waals surface area contributed by atoms with Crippen molar-refractivity contribution in [2.45, 2.75) is 57.2 Å². The molecule has 0 unspecified atom stereocenters. The molecule has 1 N–H and O–H groups in total. The lowest BCUT2D eigenvalue weighted by Crippen LogP contribution is -2.61. The highest BCUT2D eigenvalue weighted by molar-refractivity contribution is 7.09. The number of nitrogens with zero attached hydrogens (tertiary/aromatic N) is 1. The van der Waals surface area contributed by atoms with Crippen LogP contribution in [0.25, 0.3) is 0 Å². The van der Waals surface area contributed by atoms with Gasteiger partial charge >= 0.3 is 6.03 Å². The van der Waals surface area contributed by atoms with Crippen molar-refractivity contribution >= 4 is 17.4 Å². The quantitative estimate of drug-likeness (QED) is 0.803. The second-order valence-electron chi connectivity index (χ2n) is 8.70. The number of urea groups is 1. The molecule has 4 nitrogen and oxygen atoms in total. The summed E-state index contributed by atoms with van der Waals surface area (Å²) in [5, 5.41) is 5.58. The van der Waals surface area contributed by atoms with E-state index in [4.69, 9.17) is 4.42 Å². The van der Waals surface area contributed by atoms with Crippen LogP contribution in [-0.4, -0.2) is 16.5 Å². The first-order valence-electron chi connectivity index (χ1n) is 9.78. The number of furan rings is 1. The Labute approximate surface area is 158 Å². The molecular weight excluding hydrogens is 344 g/mol. The van der Waals surface area contributed by atoms with Crippen molar-refractivity contribution in [3.63, 3.8) is 0 Å². The second-order valence-corrected chi connectivity index (χ2v) is 9.73. The summed E-state index contributed by atoms with van der Waals surface area (Å²) in [4.78, 5) is 16.4. The number of hydrogen-bond donors (Lipinski definition) is 1. The first-order chi connectivity index (χ1) is 12.7. The van der Waals surface area contributed by atoms with Gasteiger partial charge in [-0.25, -0.2) is 4.79 Å². The van der Waals surface area contributed by atoms with E-state index in [-0.39, 0.29) is 11.6 Å². The predicted octanol–water partition coefficient (Wildman–Crippen LogP) is 5.02. The van der Waals surface area contributed by atoms with Crippen molar-refractivity contribution in [2.24, 2.45) is 17.8 Å². The smallest absolute Gasteiger partial charge is 0.318 e. The summed E-state index contributed by atoms with van der Waals surface area (Å²) in [5.74, 6) is 2.50. The van der Waals surface area contributed by atoms with Crippen molar-refractivity contribution in [3.8, 4) is 0 Å². The van der Waals surface area contributed by atoms with E-state index >= 15 is 0 Å². The van der Waals surface area contributed by atoms with Crippen LogP contribution in [-0.2, 0) is 13.1 Å². The van der Waals surface area contributed by atoms with Gasteiger partial charge in [-0.05, 0) is 73.8 Å². The summed E-state index contributed by atoms with van der Waals surface area (Å²) >= 11 is 1.71. The van der Waals surface area contributed by atoms with E-state index in [0.29, 0.717) is 13.1 Å². The molecular formula is C21H26N2O2S. The molecule has 4 saturated carbocycles. The Balaban J connectivity index is 1.33. The first kappa shape index (κ1) is 16.4. The standard InChI is InChI=1S/C21H26N2O2S/c24-20(22-21-9-16-6-17(10-21)8-18(7-16)11-21)23(12-15-3-4-25-14-15)13-19-2-1-5-26-19/h1-5,14,16-18H,6-13H2,(H,22,24). The van der Waals surface area contributed by atoms with E-state index in [2.05, 4.69) is 16.8 Å². The van der Waals surface area contributed by atoms with Crippen molar-refractivity contribution in [3.05, 3.63) is 46.5 Å². The Morgan fingerprint density at radius 3 is 2.46 bits per heavy atom. The first-order valence-corrected chi connectivity index (χ1v) is 10.7. The van der Waals surface area contributed by atoms with Gasteiger partial charge in [0, 0.05) is 16.0 Å². The fourth-order valence-electron chi connectivity index (χ4n) is 5.96. The lowest BCUT2D eigenvalue weighted by atomic mass is 9.53. The molecule has 4 aliphatic carbocycles. The number of amides is 2. The number of hydrogen-bond acceptors (Lipinski definition) is 3. The summed E-state index contributed by atoms with van der Waals surface area (Å²) in [6, 6.07) is 6.18. The number of carbonyl (C=O) groups excluding carboxylic acids is 1. The molecule has 2 aromatic heterocycles. The van der Waals surface area contributed by atoms with Crippen LogP contribution >= 0.6 is 11.3 Å². The highest BCUT2D eigenvalue weighted by Crippen LogP contribution is 2.55. The van der Waals surface area contributed by atoms with E-state index in [0.717, 1.165) is 23.3 Å². The fraction of sp³-hybridized carbons (Fsp3) is 0.571. The third kappa shape index (κ3) is 3.18. The zero-order valence-electron chi connectivity index (χ0n) is 15.0. The monoisotopic (exact) mass is 370 g/mol. The Morgan fingerprint density at radius 1 is 1.15 bits per heavy atom. The average Bonchev–Trinajstić information content (AvgIpc) is 3.26. The molecule has 0 aliphatic heterocycles. The van der Waals surface area contributed by atoms with E-state index in [1.54, 1.807) is 23.9 Å². The molecule has 4 bridgehead atoms. The van der Waals surface area contributed by atoms with Crippen LogP contribution in [0.5, 0.6) is 0 Å². The Morgan fingerprint density at radius 2 is 1.88 bits per heavy atom. The maximum absolute atomic E-state index is 13.3. The molecule has 0 atom stereocenters. The summed E-state index contributed by atoms with van der Waals surface area (Å²) in [5.41, 5.74) is 1.10. The number of nitrogens with one attached hydrogen (secondary N) is 1. The predicted molar refractivity (Wildman–Crippen MR) is 102 cm³/mol. The lowest BCUT2D eigenvalue weighted by Gasteiger charge is -2.57. The van der Waals surface area contributed by atoms with Gasteiger partial charge in [-0.3, -0.25) is 0 Å². The van der Waals surface area contributed by atoms with Gasteiger partial charge in [0.05, 0.1) is 25.6 Å². The van der Waals surface area contributed by atoms with Crippen LogP contribution in [0.3, 0.4) is 0 Å². The van der Waals surface area contributed by atoms with Crippen LogP contribution < -0.4 is 5.32 Å². The summed E-state index contributed by atoms with van der Waals surface area (Å²) in [7, 11) is 0. The van der Waals surface area contributed by atoms with Crippen LogP contribution in [0.2, 0.25) is 0 Å². The average molecular weight is 371 g/mol. The van der Waals surface area contributed by atoms with Crippen molar-refractivity contribution in [1.82, 2.24) is 10.2 Å². The zero-order chi connectivity index (χ0) is 17.6. The molecule has 0 aromatic carbocycles. The fourth-order valence-corrected chi connectivity index (χ4v) is 6.68. The molecule has 0 saturated heterocycles. The molecule has 2 amide bonds. The number of rotatable bonds is 5. The van der Waals surface area contributed by atoms with Gasteiger partial charge in [-0.2, -0.15) is 0 Å². The molecule has 0 radical (unpaired) electrons. The molecule has 0 spiro atoms. The third-order valence-corrected chi connectivity index (χ3v) is 7.44. The summed E-state index contributed by atoms with van der Waals surface area (Å²) < 4.78 is 5.21. The molecule has 26 heavy (non-hydrogen) atoms. The maximum Gasteiger partial charge on any atom is 0.318 e. The second kappa shape index (κ2) is 6.45. The minimum absolute atomic E-state index is 0.0515. The van der Waals surface area contributed by atoms with Gasteiger partial charge < -0.3 is 14.6 Å². The topological polar surface area (TPSA) is 45.5 Å². The maximum atomic E-state index is 13.3. The van der Waals surface area contributed by atoms with E-state index in [9.17, 15) is 4.79 Å². The highest BCUT2D eigenvalue weighted by atomic mass is 32.1. The molecule has 2 aromatic rings. The SMILES string of the molecule is O=C(NC12CC3CC(CC(C3)C1)C2)N(Cc1ccoc1)Cc1cccs1. The molecule has 4 aliphatic rings. The Hall–Kier alpha value is -1.75. The minimum atomic E-state index is 0.0515. The van der Waals surface area contributed by atoms with E-state index < -0.39 is 0 Å².